The van der Waals surface area contributed by atoms with Crippen LogP contribution in [0.3, 0.4) is 0 Å². The maximum atomic E-state index is 11.2. The van der Waals surface area contributed by atoms with E-state index in [0.29, 0.717) is 5.01 Å². The van der Waals surface area contributed by atoms with Gasteiger partial charge in [0.15, 0.2) is 0 Å². The van der Waals surface area contributed by atoms with Gasteiger partial charge in [-0.2, -0.15) is 0 Å². The fourth-order valence-corrected chi connectivity index (χ4v) is 2.88. The quantitative estimate of drug-likeness (QED) is 0.756. The molecule has 0 unspecified atom stereocenters. The summed E-state index contributed by atoms with van der Waals surface area (Å²) in [5.41, 5.74) is 2.04. The molecule has 0 aliphatic rings. The summed E-state index contributed by atoms with van der Waals surface area (Å²) in [4.78, 5) is 16.6. The highest BCUT2D eigenvalue weighted by Gasteiger charge is 2.13. The Labute approximate surface area is 95.4 Å². The Morgan fingerprint density at radius 1 is 1.47 bits per heavy atom. The molecule has 0 fully saturated rings. The lowest BCUT2D eigenvalue weighted by Crippen LogP contribution is -1.99. The van der Waals surface area contributed by atoms with Gasteiger partial charge < -0.3 is 4.74 Å². The van der Waals surface area contributed by atoms with Crippen LogP contribution in [0.1, 0.15) is 15.4 Å². The van der Waals surface area contributed by atoms with Crippen molar-refractivity contribution >= 4 is 28.6 Å². The summed E-state index contributed by atoms with van der Waals surface area (Å²) in [7, 11) is 1.36. The van der Waals surface area contributed by atoms with Crippen molar-refractivity contribution < 1.29 is 9.53 Å². The number of methoxy groups -OCH3 is 1. The first-order valence-electron chi connectivity index (χ1n) is 4.30. The van der Waals surface area contributed by atoms with Gasteiger partial charge in [0, 0.05) is 5.38 Å². The number of aromatic nitrogens is 1. The molecule has 2 aromatic rings. The van der Waals surface area contributed by atoms with E-state index in [9.17, 15) is 4.79 Å². The van der Waals surface area contributed by atoms with E-state index < -0.39 is 0 Å². The molecule has 0 radical (unpaired) electrons. The summed E-state index contributed by atoms with van der Waals surface area (Å²) >= 11 is 2.94. The Bertz CT molecular complexity index is 487. The molecule has 2 aromatic heterocycles. The average Bonchev–Trinajstić information content (AvgIpc) is 2.84. The summed E-state index contributed by atoms with van der Waals surface area (Å²) in [5.74, 6) is -0.375. The van der Waals surface area contributed by atoms with Gasteiger partial charge in [-0.15, -0.1) is 22.7 Å². The van der Waals surface area contributed by atoms with Gasteiger partial charge in [-0.05, 0) is 23.9 Å². The van der Waals surface area contributed by atoms with E-state index in [2.05, 4.69) is 9.72 Å². The third-order valence-corrected chi connectivity index (χ3v) is 3.82. The van der Waals surface area contributed by atoms with Gasteiger partial charge in [0.25, 0.3) is 0 Å². The second kappa shape index (κ2) is 4.12. The number of hydrogen-bond acceptors (Lipinski definition) is 5. The molecule has 2 rings (SSSR count). The zero-order chi connectivity index (χ0) is 10.8. The number of aryl methyl sites for hydroxylation is 1. The van der Waals surface area contributed by atoms with Crippen molar-refractivity contribution in [3.8, 4) is 10.6 Å². The van der Waals surface area contributed by atoms with Crippen molar-refractivity contribution in [3.05, 3.63) is 27.4 Å². The summed E-state index contributed by atoms with van der Waals surface area (Å²) in [5, 5.41) is 4.30. The van der Waals surface area contributed by atoms with Crippen LogP contribution in [-0.2, 0) is 4.74 Å². The number of carbonyl (C=O) groups excluding carboxylic acids is 1. The van der Waals surface area contributed by atoms with Gasteiger partial charge >= 0.3 is 5.97 Å². The smallest absolute Gasteiger partial charge is 0.367 e. The summed E-state index contributed by atoms with van der Waals surface area (Å²) in [6.45, 7) is 2.03. The summed E-state index contributed by atoms with van der Waals surface area (Å²) < 4.78 is 4.61. The van der Waals surface area contributed by atoms with Crippen LogP contribution in [0.25, 0.3) is 10.6 Å². The number of thiophene rings is 1. The van der Waals surface area contributed by atoms with E-state index >= 15 is 0 Å². The Balaban J connectivity index is 2.36. The molecule has 0 atom stereocenters. The average molecular weight is 239 g/mol. The third kappa shape index (κ3) is 1.93. The second-order valence-electron chi connectivity index (χ2n) is 2.96. The van der Waals surface area contributed by atoms with E-state index in [4.69, 9.17) is 0 Å². The van der Waals surface area contributed by atoms with Crippen LogP contribution >= 0.6 is 22.7 Å². The predicted octanol–water partition coefficient (Wildman–Crippen LogP) is 2.97. The van der Waals surface area contributed by atoms with E-state index in [1.165, 1.54) is 24.0 Å². The van der Waals surface area contributed by atoms with Crippen LogP contribution in [0, 0.1) is 6.92 Å². The molecular formula is C10H9NO2S2. The van der Waals surface area contributed by atoms with Crippen LogP contribution in [0.4, 0.5) is 0 Å². The zero-order valence-electron chi connectivity index (χ0n) is 8.31. The lowest BCUT2D eigenvalue weighted by Gasteiger charge is -1.93. The van der Waals surface area contributed by atoms with Crippen molar-refractivity contribution in [1.29, 1.82) is 0 Å². The zero-order valence-corrected chi connectivity index (χ0v) is 9.95. The minimum absolute atomic E-state index is 0.375. The van der Waals surface area contributed by atoms with E-state index in [-0.39, 0.29) is 5.97 Å². The lowest BCUT2D eigenvalue weighted by atomic mass is 10.2. The summed E-state index contributed by atoms with van der Waals surface area (Å²) in [6, 6.07) is 2.04. The Kier molecular flexibility index (Phi) is 2.83. The number of ether oxygens (including phenoxy) is 1. The van der Waals surface area contributed by atoms with Crippen molar-refractivity contribution in [1.82, 2.24) is 4.98 Å². The fraction of sp³-hybridized carbons (Fsp3) is 0.200. The van der Waals surface area contributed by atoms with Gasteiger partial charge in [-0.1, -0.05) is 0 Å². The highest BCUT2D eigenvalue weighted by atomic mass is 32.1. The molecule has 78 valence electrons. The van der Waals surface area contributed by atoms with E-state index in [0.717, 1.165) is 10.6 Å². The molecule has 0 aromatic carbocycles. The molecule has 0 saturated carbocycles. The third-order valence-electron chi connectivity index (χ3n) is 1.96. The van der Waals surface area contributed by atoms with Crippen LogP contribution in [-0.4, -0.2) is 18.1 Å². The van der Waals surface area contributed by atoms with Crippen molar-refractivity contribution in [2.45, 2.75) is 6.92 Å². The first-order chi connectivity index (χ1) is 7.22. The SMILES string of the molecule is COC(=O)c1nc(-c2sccc2C)cs1. The topological polar surface area (TPSA) is 39.2 Å². The molecule has 5 heteroatoms. The monoisotopic (exact) mass is 239 g/mol. The second-order valence-corrected chi connectivity index (χ2v) is 4.74. The minimum atomic E-state index is -0.375. The number of thiazole rings is 1. The first kappa shape index (κ1) is 10.3. The molecule has 0 spiro atoms. The Hall–Kier alpha value is -1.20. The molecule has 0 N–H and O–H groups in total. The van der Waals surface area contributed by atoms with Crippen molar-refractivity contribution in [2.24, 2.45) is 0 Å². The number of esters is 1. The van der Waals surface area contributed by atoms with E-state index in [1.54, 1.807) is 11.3 Å². The normalized spacial score (nSPS) is 10.3. The minimum Gasteiger partial charge on any atom is -0.464 e. The van der Waals surface area contributed by atoms with E-state index in [1.807, 2.05) is 23.8 Å². The van der Waals surface area contributed by atoms with Crippen molar-refractivity contribution in [2.75, 3.05) is 7.11 Å². The first-order valence-corrected chi connectivity index (χ1v) is 6.06. The van der Waals surface area contributed by atoms with Crippen LogP contribution in [0.15, 0.2) is 16.8 Å². The molecule has 0 bridgehead atoms. The Morgan fingerprint density at radius 3 is 2.87 bits per heavy atom. The molecule has 0 saturated heterocycles. The predicted molar refractivity (Wildman–Crippen MR) is 61.5 cm³/mol. The molecule has 0 aliphatic carbocycles. The fourth-order valence-electron chi connectivity index (χ4n) is 1.19. The largest absolute Gasteiger partial charge is 0.464 e. The Morgan fingerprint density at radius 2 is 2.27 bits per heavy atom. The van der Waals surface area contributed by atoms with Crippen LogP contribution in [0.2, 0.25) is 0 Å². The van der Waals surface area contributed by atoms with Gasteiger partial charge in [-0.3, -0.25) is 0 Å². The van der Waals surface area contributed by atoms with Gasteiger partial charge in [0.1, 0.15) is 0 Å². The molecule has 15 heavy (non-hydrogen) atoms. The maximum Gasteiger partial charge on any atom is 0.367 e. The van der Waals surface area contributed by atoms with Gasteiger partial charge in [0.05, 0.1) is 17.7 Å². The van der Waals surface area contributed by atoms with Crippen LogP contribution in [0.5, 0.6) is 0 Å². The molecule has 3 nitrogen and oxygen atoms in total. The number of carbonyl (C=O) groups is 1. The molecule has 0 amide bonds. The summed E-state index contributed by atoms with van der Waals surface area (Å²) in [6.07, 6.45) is 0. The van der Waals surface area contributed by atoms with Gasteiger partial charge in [-0.25, -0.2) is 9.78 Å². The number of hydrogen-bond donors (Lipinski definition) is 0. The highest BCUT2D eigenvalue weighted by Crippen LogP contribution is 2.29. The lowest BCUT2D eigenvalue weighted by molar-refractivity contribution is 0.0600. The molecule has 2 heterocycles. The molecular weight excluding hydrogens is 230 g/mol. The standard InChI is InChI=1S/C10H9NO2S2/c1-6-3-4-14-8(6)7-5-15-9(11-7)10(12)13-2/h3-5H,1-2H3. The van der Waals surface area contributed by atoms with Gasteiger partial charge in [0.2, 0.25) is 5.01 Å². The molecule has 0 aliphatic heterocycles. The highest BCUT2D eigenvalue weighted by molar-refractivity contribution is 7.15. The maximum absolute atomic E-state index is 11.2. The number of nitrogens with zero attached hydrogens (tertiary/aromatic N) is 1. The van der Waals surface area contributed by atoms with Crippen molar-refractivity contribution in [3.63, 3.8) is 0 Å². The number of rotatable bonds is 2. The van der Waals surface area contributed by atoms with Crippen LogP contribution < -0.4 is 0 Å².